The Hall–Kier alpha value is -1.54. The van der Waals surface area contributed by atoms with Gasteiger partial charge in [0, 0.05) is 0 Å². The van der Waals surface area contributed by atoms with Crippen LogP contribution in [0.4, 0.5) is 5.69 Å². The molecule has 1 N–H and O–H groups in total. The Morgan fingerprint density at radius 3 is 2.35 bits per heavy atom. The first-order valence-corrected chi connectivity index (χ1v) is 6.69. The first-order chi connectivity index (χ1) is 7.69. The van der Waals surface area contributed by atoms with Gasteiger partial charge >= 0.3 is 0 Å². The van der Waals surface area contributed by atoms with Crippen LogP contribution in [0.15, 0.2) is 18.2 Å². The molecule has 0 aliphatic heterocycles. The summed E-state index contributed by atoms with van der Waals surface area (Å²) in [5, 5.41) is 9.01. The van der Waals surface area contributed by atoms with Crippen LogP contribution in [0.3, 0.4) is 0 Å². The number of hydrogen-bond acceptors (Lipinski definition) is 3. The highest BCUT2D eigenvalue weighted by atomic mass is 32.2. The van der Waals surface area contributed by atoms with E-state index in [4.69, 9.17) is 5.26 Å². The van der Waals surface area contributed by atoms with Crippen molar-refractivity contribution in [2.75, 3.05) is 4.72 Å². The molecule has 0 atom stereocenters. The first-order valence-electron chi connectivity index (χ1n) is 5.21. The van der Waals surface area contributed by atoms with Crippen molar-refractivity contribution in [3.8, 4) is 6.07 Å². The molecule has 0 saturated heterocycles. The van der Waals surface area contributed by atoms with Crippen LogP contribution < -0.4 is 4.72 Å². The molecular formula is C12H16N2O2S. The zero-order valence-electron chi connectivity index (χ0n) is 10.4. The summed E-state index contributed by atoms with van der Waals surface area (Å²) in [6.07, 6.45) is 0. The molecule has 0 saturated carbocycles. The number of nitrogens with one attached hydrogen (secondary N) is 1. The highest BCUT2D eigenvalue weighted by Crippen LogP contribution is 2.23. The van der Waals surface area contributed by atoms with E-state index in [1.807, 2.05) is 6.07 Å². The van der Waals surface area contributed by atoms with E-state index in [0.29, 0.717) is 11.3 Å². The van der Waals surface area contributed by atoms with E-state index >= 15 is 0 Å². The lowest BCUT2D eigenvalue weighted by Crippen LogP contribution is -2.33. The first kappa shape index (κ1) is 13.5. The average Bonchev–Trinajstić information content (AvgIpc) is 2.15. The molecule has 0 bridgehead atoms. The summed E-state index contributed by atoms with van der Waals surface area (Å²) in [7, 11) is -3.50. The van der Waals surface area contributed by atoms with E-state index in [0.717, 1.165) is 5.56 Å². The minimum atomic E-state index is -3.50. The van der Waals surface area contributed by atoms with Crippen LogP contribution in [0.25, 0.3) is 0 Å². The Bertz CT molecular complexity index is 563. The lowest BCUT2D eigenvalue weighted by atomic mass is 10.1. The molecule has 1 aromatic rings. The largest absolute Gasteiger partial charge is 0.282 e. The molecule has 0 unspecified atom stereocenters. The van der Waals surface area contributed by atoms with Gasteiger partial charge in [0.25, 0.3) is 0 Å². The maximum atomic E-state index is 12.0. The molecule has 92 valence electrons. The molecular weight excluding hydrogens is 236 g/mol. The predicted octanol–water partition coefficient (Wildman–Crippen LogP) is 2.41. The molecule has 4 nitrogen and oxygen atoms in total. The molecule has 1 rings (SSSR count). The van der Waals surface area contributed by atoms with Crippen molar-refractivity contribution in [1.29, 1.82) is 5.26 Å². The molecule has 0 aromatic heterocycles. The molecule has 1 aromatic carbocycles. The molecule has 0 fully saturated rings. The van der Waals surface area contributed by atoms with E-state index in [-0.39, 0.29) is 0 Å². The third-order valence-electron chi connectivity index (χ3n) is 2.44. The van der Waals surface area contributed by atoms with Gasteiger partial charge < -0.3 is 0 Å². The fraction of sp³-hybridized carbons (Fsp3) is 0.417. The number of aryl methyl sites for hydroxylation is 1. The minimum absolute atomic E-state index is 0.336. The van der Waals surface area contributed by atoms with Gasteiger partial charge in [0.2, 0.25) is 10.0 Å². The number of sulfonamides is 1. The van der Waals surface area contributed by atoms with Crippen LogP contribution in [0.5, 0.6) is 0 Å². The normalized spacial score (nSPS) is 11.9. The Kier molecular flexibility index (Phi) is 3.48. The van der Waals surface area contributed by atoms with Gasteiger partial charge in [-0.05, 0) is 39.3 Å². The van der Waals surface area contributed by atoms with Crippen LogP contribution in [0.1, 0.15) is 31.9 Å². The Morgan fingerprint density at radius 1 is 1.29 bits per heavy atom. The smallest absolute Gasteiger partial charge is 0.237 e. The zero-order chi connectivity index (χ0) is 13.3. The van der Waals surface area contributed by atoms with Crippen LogP contribution in [0, 0.1) is 18.3 Å². The van der Waals surface area contributed by atoms with Crippen LogP contribution >= 0.6 is 0 Å². The van der Waals surface area contributed by atoms with Crippen LogP contribution in [-0.2, 0) is 10.0 Å². The van der Waals surface area contributed by atoms with Gasteiger partial charge in [-0.3, -0.25) is 4.72 Å². The molecule has 0 aliphatic carbocycles. The van der Waals surface area contributed by atoms with Crippen molar-refractivity contribution in [2.45, 2.75) is 32.4 Å². The fourth-order valence-electron chi connectivity index (χ4n) is 1.20. The molecule has 0 spiro atoms. The lowest BCUT2D eigenvalue weighted by Gasteiger charge is -2.21. The van der Waals surface area contributed by atoms with Crippen LogP contribution in [-0.4, -0.2) is 13.2 Å². The second kappa shape index (κ2) is 4.38. The van der Waals surface area contributed by atoms with Crippen molar-refractivity contribution in [2.24, 2.45) is 0 Å². The maximum Gasteiger partial charge on any atom is 0.237 e. The lowest BCUT2D eigenvalue weighted by molar-refractivity contribution is 0.566. The SMILES string of the molecule is Cc1cccc(NS(=O)(=O)C(C)(C)C)c1C#N. The minimum Gasteiger partial charge on any atom is -0.282 e. The summed E-state index contributed by atoms with van der Waals surface area (Å²) in [5.74, 6) is 0. The van der Waals surface area contributed by atoms with Crippen molar-refractivity contribution >= 4 is 15.7 Å². The molecule has 5 heteroatoms. The van der Waals surface area contributed by atoms with Gasteiger partial charge in [-0.2, -0.15) is 5.26 Å². The third-order valence-corrected chi connectivity index (χ3v) is 4.54. The number of nitriles is 1. The summed E-state index contributed by atoms with van der Waals surface area (Å²) in [6.45, 7) is 6.60. The van der Waals surface area contributed by atoms with E-state index in [9.17, 15) is 8.42 Å². The van der Waals surface area contributed by atoms with Crippen molar-refractivity contribution in [1.82, 2.24) is 0 Å². The van der Waals surface area contributed by atoms with Crippen molar-refractivity contribution in [3.63, 3.8) is 0 Å². The quantitative estimate of drug-likeness (QED) is 0.878. The maximum absolute atomic E-state index is 12.0. The van der Waals surface area contributed by atoms with E-state index in [1.165, 1.54) is 0 Å². The third kappa shape index (κ3) is 2.77. The Balaban J connectivity index is 3.24. The van der Waals surface area contributed by atoms with Gasteiger partial charge in [-0.15, -0.1) is 0 Å². The number of rotatable bonds is 2. The van der Waals surface area contributed by atoms with E-state index < -0.39 is 14.8 Å². The molecule has 0 heterocycles. The number of hydrogen-bond donors (Lipinski definition) is 1. The van der Waals surface area contributed by atoms with Gasteiger partial charge in [0.1, 0.15) is 6.07 Å². The van der Waals surface area contributed by atoms with Gasteiger partial charge in [-0.25, -0.2) is 8.42 Å². The fourth-order valence-corrected chi connectivity index (χ4v) is 1.96. The summed E-state index contributed by atoms with van der Waals surface area (Å²) in [4.78, 5) is 0. The molecule has 0 aliphatic rings. The molecule has 0 amide bonds. The summed E-state index contributed by atoms with van der Waals surface area (Å²) in [5.41, 5.74) is 1.45. The number of anilines is 1. The number of benzene rings is 1. The van der Waals surface area contributed by atoms with Crippen molar-refractivity contribution < 1.29 is 8.42 Å². The van der Waals surface area contributed by atoms with Gasteiger partial charge in [0.05, 0.1) is 16.0 Å². The molecule has 0 radical (unpaired) electrons. The molecule has 17 heavy (non-hydrogen) atoms. The standard InChI is InChI=1S/C12H16N2O2S/c1-9-6-5-7-11(10(9)8-13)14-17(15,16)12(2,3)4/h5-7,14H,1-4H3. The monoisotopic (exact) mass is 252 g/mol. The van der Waals surface area contributed by atoms with Gasteiger partial charge in [-0.1, -0.05) is 12.1 Å². The van der Waals surface area contributed by atoms with Crippen molar-refractivity contribution in [3.05, 3.63) is 29.3 Å². The number of nitrogens with zero attached hydrogens (tertiary/aromatic N) is 1. The highest BCUT2D eigenvalue weighted by molar-refractivity contribution is 7.94. The summed E-state index contributed by atoms with van der Waals surface area (Å²) >= 11 is 0. The Labute approximate surface area is 102 Å². The summed E-state index contributed by atoms with van der Waals surface area (Å²) < 4.78 is 25.5. The Morgan fingerprint density at radius 2 is 1.88 bits per heavy atom. The summed E-state index contributed by atoms with van der Waals surface area (Å²) in [6, 6.07) is 7.09. The van der Waals surface area contributed by atoms with Crippen LogP contribution in [0.2, 0.25) is 0 Å². The van der Waals surface area contributed by atoms with E-state index in [1.54, 1.807) is 45.9 Å². The predicted molar refractivity (Wildman–Crippen MR) is 68.2 cm³/mol. The second-order valence-electron chi connectivity index (χ2n) is 4.83. The topological polar surface area (TPSA) is 70.0 Å². The van der Waals surface area contributed by atoms with Gasteiger partial charge in [0.15, 0.2) is 0 Å². The zero-order valence-corrected chi connectivity index (χ0v) is 11.2. The average molecular weight is 252 g/mol. The highest BCUT2D eigenvalue weighted by Gasteiger charge is 2.29. The second-order valence-corrected chi connectivity index (χ2v) is 7.26. The van der Waals surface area contributed by atoms with E-state index in [2.05, 4.69) is 4.72 Å².